The lowest BCUT2D eigenvalue weighted by molar-refractivity contribution is -0.155. The fraction of sp³-hybridized carbons (Fsp3) is 0.556. The van der Waals surface area contributed by atoms with E-state index in [0.717, 1.165) is 31.2 Å². The van der Waals surface area contributed by atoms with Gasteiger partial charge in [0.05, 0.1) is 6.61 Å². The van der Waals surface area contributed by atoms with Crippen molar-refractivity contribution in [3.63, 3.8) is 0 Å². The normalized spacial score (nSPS) is 16.6. The smallest absolute Gasteiger partial charge is 0.318 e. The first kappa shape index (κ1) is 17.8. The van der Waals surface area contributed by atoms with Crippen molar-refractivity contribution in [2.24, 2.45) is 11.8 Å². The molecule has 2 rings (SSSR count). The first-order chi connectivity index (χ1) is 11.1. The second-order valence-corrected chi connectivity index (χ2v) is 6.41. The minimum absolute atomic E-state index is 0.0908. The van der Waals surface area contributed by atoms with E-state index in [4.69, 9.17) is 16.3 Å². The third-order valence-corrected chi connectivity index (χ3v) is 4.58. The molecule has 0 aliphatic heterocycles. The fourth-order valence-corrected chi connectivity index (χ4v) is 3.24. The molecule has 0 aromatic heterocycles. The molecule has 1 aromatic carbocycles. The van der Waals surface area contributed by atoms with Crippen LogP contribution in [0.5, 0.6) is 0 Å². The van der Waals surface area contributed by atoms with Crippen LogP contribution in [0.3, 0.4) is 0 Å². The summed E-state index contributed by atoms with van der Waals surface area (Å²) < 4.78 is 5.13. The lowest BCUT2D eigenvalue weighted by atomic mass is 9.79. The van der Waals surface area contributed by atoms with Crippen LogP contribution < -0.4 is 5.32 Å². The molecule has 5 heteroatoms. The van der Waals surface area contributed by atoms with Gasteiger partial charge in [-0.1, -0.05) is 43.0 Å². The Balaban J connectivity index is 2.00. The summed E-state index contributed by atoms with van der Waals surface area (Å²) in [5.74, 6) is -1.23. The zero-order valence-electron chi connectivity index (χ0n) is 13.5. The standard InChI is InChI=1S/C18H24ClNO3/c1-2-23-18(22)16(14-6-4-3-5-7-14)17(21)20-12-13-8-10-15(19)11-9-13/h8-11,14,16H,2-7,12H2,1H3,(H,20,21)/t16-/m0/s1. The van der Waals surface area contributed by atoms with Gasteiger partial charge in [-0.3, -0.25) is 9.59 Å². The largest absolute Gasteiger partial charge is 0.465 e. The molecule has 1 amide bonds. The number of ether oxygens (including phenoxy) is 1. The van der Waals surface area contributed by atoms with Crippen molar-refractivity contribution in [3.05, 3.63) is 34.9 Å². The first-order valence-electron chi connectivity index (χ1n) is 8.30. The Morgan fingerprint density at radius 2 is 1.87 bits per heavy atom. The zero-order valence-corrected chi connectivity index (χ0v) is 14.3. The Labute approximate surface area is 142 Å². The van der Waals surface area contributed by atoms with Gasteiger partial charge in [0.2, 0.25) is 5.91 Å². The van der Waals surface area contributed by atoms with E-state index in [2.05, 4.69) is 5.32 Å². The Bertz CT molecular complexity index is 524. The van der Waals surface area contributed by atoms with Crippen molar-refractivity contribution in [1.29, 1.82) is 0 Å². The van der Waals surface area contributed by atoms with Crippen LogP contribution in [0.25, 0.3) is 0 Å². The molecule has 1 aromatic rings. The number of esters is 1. The van der Waals surface area contributed by atoms with E-state index in [9.17, 15) is 9.59 Å². The fourth-order valence-electron chi connectivity index (χ4n) is 3.11. The van der Waals surface area contributed by atoms with Crippen LogP contribution in [-0.2, 0) is 20.9 Å². The van der Waals surface area contributed by atoms with Gasteiger partial charge < -0.3 is 10.1 Å². The van der Waals surface area contributed by atoms with Crippen LogP contribution in [-0.4, -0.2) is 18.5 Å². The topological polar surface area (TPSA) is 55.4 Å². The van der Waals surface area contributed by atoms with Crippen LogP contribution in [0.4, 0.5) is 0 Å². The van der Waals surface area contributed by atoms with E-state index >= 15 is 0 Å². The molecule has 4 nitrogen and oxygen atoms in total. The van der Waals surface area contributed by atoms with E-state index in [-0.39, 0.29) is 11.8 Å². The van der Waals surface area contributed by atoms with Crippen LogP contribution in [0.1, 0.15) is 44.6 Å². The molecule has 0 bridgehead atoms. The van der Waals surface area contributed by atoms with Crippen molar-refractivity contribution in [3.8, 4) is 0 Å². The van der Waals surface area contributed by atoms with Gasteiger partial charge in [-0.25, -0.2) is 0 Å². The number of amides is 1. The number of halogens is 1. The molecule has 0 radical (unpaired) electrons. The monoisotopic (exact) mass is 337 g/mol. The maximum Gasteiger partial charge on any atom is 0.318 e. The molecule has 0 unspecified atom stereocenters. The number of nitrogens with one attached hydrogen (secondary N) is 1. The Kier molecular flexibility index (Phi) is 6.90. The van der Waals surface area contributed by atoms with Gasteiger partial charge in [0.25, 0.3) is 0 Å². The molecule has 23 heavy (non-hydrogen) atoms. The molecular weight excluding hydrogens is 314 g/mol. The van der Waals surface area contributed by atoms with E-state index in [1.54, 1.807) is 19.1 Å². The number of rotatable bonds is 6. The summed E-state index contributed by atoms with van der Waals surface area (Å²) >= 11 is 5.85. The zero-order chi connectivity index (χ0) is 16.7. The van der Waals surface area contributed by atoms with Crippen molar-refractivity contribution < 1.29 is 14.3 Å². The Morgan fingerprint density at radius 3 is 2.48 bits per heavy atom. The molecule has 126 valence electrons. The molecule has 1 aliphatic carbocycles. The summed E-state index contributed by atoms with van der Waals surface area (Å²) in [6.07, 6.45) is 5.16. The molecule has 1 saturated carbocycles. The molecule has 0 saturated heterocycles. The minimum Gasteiger partial charge on any atom is -0.465 e. The molecule has 1 aliphatic rings. The highest BCUT2D eigenvalue weighted by Gasteiger charge is 2.36. The SMILES string of the molecule is CCOC(=O)[C@H](C(=O)NCc1ccc(Cl)cc1)C1CCCCC1. The van der Waals surface area contributed by atoms with Crippen molar-refractivity contribution in [2.75, 3.05) is 6.61 Å². The van der Waals surface area contributed by atoms with E-state index in [1.807, 2.05) is 12.1 Å². The molecule has 1 atom stereocenters. The average molecular weight is 338 g/mol. The summed E-state index contributed by atoms with van der Waals surface area (Å²) in [6.45, 7) is 2.45. The number of hydrogen-bond donors (Lipinski definition) is 1. The van der Waals surface area contributed by atoms with E-state index in [1.165, 1.54) is 6.42 Å². The number of hydrogen-bond acceptors (Lipinski definition) is 3. The summed E-state index contributed by atoms with van der Waals surface area (Å²) in [5, 5.41) is 3.53. The third kappa shape index (κ3) is 5.24. The molecule has 1 fully saturated rings. The summed E-state index contributed by atoms with van der Waals surface area (Å²) in [5.41, 5.74) is 0.953. The highest BCUT2D eigenvalue weighted by molar-refractivity contribution is 6.30. The lowest BCUT2D eigenvalue weighted by Crippen LogP contribution is -2.41. The molecule has 0 spiro atoms. The number of carbonyl (C=O) groups is 2. The highest BCUT2D eigenvalue weighted by Crippen LogP contribution is 2.31. The Morgan fingerprint density at radius 1 is 1.22 bits per heavy atom. The van der Waals surface area contributed by atoms with E-state index < -0.39 is 11.9 Å². The second kappa shape index (κ2) is 8.92. The van der Waals surface area contributed by atoms with Crippen LogP contribution in [0, 0.1) is 11.8 Å². The average Bonchev–Trinajstić information content (AvgIpc) is 2.56. The van der Waals surface area contributed by atoms with Gasteiger partial charge in [-0.2, -0.15) is 0 Å². The quantitative estimate of drug-likeness (QED) is 0.636. The maximum absolute atomic E-state index is 12.6. The highest BCUT2D eigenvalue weighted by atomic mass is 35.5. The van der Waals surface area contributed by atoms with Crippen LogP contribution >= 0.6 is 11.6 Å². The minimum atomic E-state index is -0.692. The summed E-state index contributed by atoms with van der Waals surface area (Å²) in [7, 11) is 0. The second-order valence-electron chi connectivity index (χ2n) is 5.97. The number of benzene rings is 1. The predicted octanol–water partition coefficient (Wildman–Crippen LogP) is 3.72. The molecule has 0 heterocycles. The van der Waals surface area contributed by atoms with Gasteiger partial charge >= 0.3 is 5.97 Å². The van der Waals surface area contributed by atoms with Gasteiger partial charge in [-0.05, 0) is 43.4 Å². The van der Waals surface area contributed by atoms with Crippen LogP contribution in [0.2, 0.25) is 5.02 Å². The predicted molar refractivity (Wildman–Crippen MR) is 90.0 cm³/mol. The maximum atomic E-state index is 12.6. The van der Waals surface area contributed by atoms with Crippen molar-refractivity contribution in [1.82, 2.24) is 5.32 Å². The van der Waals surface area contributed by atoms with E-state index in [0.29, 0.717) is 18.2 Å². The third-order valence-electron chi connectivity index (χ3n) is 4.32. The van der Waals surface area contributed by atoms with Crippen molar-refractivity contribution >= 4 is 23.5 Å². The van der Waals surface area contributed by atoms with Gasteiger partial charge in [0.1, 0.15) is 5.92 Å². The van der Waals surface area contributed by atoms with Gasteiger partial charge in [0.15, 0.2) is 0 Å². The number of carbonyl (C=O) groups excluding carboxylic acids is 2. The lowest BCUT2D eigenvalue weighted by Gasteiger charge is -2.27. The summed E-state index contributed by atoms with van der Waals surface area (Å²) in [6, 6.07) is 7.30. The van der Waals surface area contributed by atoms with Crippen LogP contribution in [0.15, 0.2) is 24.3 Å². The first-order valence-corrected chi connectivity index (χ1v) is 8.68. The molecular formula is C18H24ClNO3. The summed E-state index contributed by atoms with van der Waals surface area (Å²) in [4.78, 5) is 24.8. The van der Waals surface area contributed by atoms with Gasteiger partial charge in [-0.15, -0.1) is 0 Å². The molecule has 1 N–H and O–H groups in total. The van der Waals surface area contributed by atoms with Crippen molar-refractivity contribution in [2.45, 2.75) is 45.6 Å². The Hall–Kier alpha value is -1.55. The van der Waals surface area contributed by atoms with Gasteiger partial charge in [0, 0.05) is 11.6 Å².